The van der Waals surface area contributed by atoms with E-state index < -0.39 is 6.04 Å². The number of benzene rings is 1. The molecule has 3 aromatic rings. The average Bonchev–Trinajstić information content (AvgIpc) is 3.34. The lowest BCUT2D eigenvalue weighted by Gasteiger charge is -2.33. The first-order valence-electron chi connectivity index (χ1n) is 11.4. The second kappa shape index (κ2) is 11.4. The van der Waals surface area contributed by atoms with Crippen molar-refractivity contribution in [3.8, 4) is 0 Å². The summed E-state index contributed by atoms with van der Waals surface area (Å²) in [6.45, 7) is 0.245. The molecule has 1 atom stereocenters. The van der Waals surface area contributed by atoms with Gasteiger partial charge in [-0.1, -0.05) is 55.1 Å². The molecule has 0 radical (unpaired) electrons. The molecule has 2 heterocycles. The Hall–Kier alpha value is -2.70. The van der Waals surface area contributed by atoms with Gasteiger partial charge in [0.2, 0.25) is 11.8 Å². The Balaban J connectivity index is 1.68. The van der Waals surface area contributed by atoms with Crippen molar-refractivity contribution in [1.82, 2.24) is 15.2 Å². The zero-order valence-corrected chi connectivity index (χ0v) is 20.0. The van der Waals surface area contributed by atoms with Gasteiger partial charge in [-0.3, -0.25) is 14.6 Å². The van der Waals surface area contributed by atoms with E-state index in [1.165, 1.54) is 17.8 Å². The van der Waals surface area contributed by atoms with E-state index in [2.05, 4.69) is 10.3 Å². The Bertz CT molecular complexity index is 1050. The van der Waals surface area contributed by atoms with Crippen molar-refractivity contribution in [2.24, 2.45) is 0 Å². The van der Waals surface area contributed by atoms with Gasteiger partial charge in [0.1, 0.15) is 6.04 Å². The maximum atomic E-state index is 13.7. The van der Waals surface area contributed by atoms with Crippen LogP contribution in [0, 0.1) is 0 Å². The highest BCUT2D eigenvalue weighted by Crippen LogP contribution is 2.28. The average molecular weight is 482 g/mol. The highest BCUT2D eigenvalue weighted by Gasteiger charge is 2.33. The number of hydrogen-bond acceptors (Lipinski definition) is 4. The lowest BCUT2D eigenvalue weighted by Crippen LogP contribution is -2.47. The molecule has 0 unspecified atom stereocenters. The first kappa shape index (κ1) is 23.5. The molecule has 0 saturated heterocycles. The zero-order chi connectivity index (χ0) is 23.0. The fourth-order valence-corrected chi connectivity index (χ4v) is 5.23. The van der Waals surface area contributed by atoms with E-state index >= 15 is 0 Å². The summed E-state index contributed by atoms with van der Waals surface area (Å²) >= 11 is 7.99. The molecular weight excluding hydrogens is 454 g/mol. The standard InChI is InChI=1S/C26H28ClN3O2S/c27-23-11-5-4-7-20(23)18-30(24(31)17-22-10-6-16-33-22)25(19-12-14-28-15-13-19)26(32)29-21-8-2-1-3-9-21/h4-7,10-16,21,25H,1-3,8-9,17-18H2,(H,29,32)/t25-/m1/s1. The molecule has 2 aromatic heterocycles. The molecule has 1 N–H and O–H groups in total. The van der Waals surface area contributed by atoms with E-state index in [9.17, 15) is 9.59 Å². The number of amides is 2. The number of nitrogens with zero attached hydrogens (tertiary/aromatic N) is 2. The van der Waals surface area contributed by atoms with Crippen LogP contribution in [0.5, 0.6) is 0 Å². The topological polar surface area (TPSA) is 62.3 Å². The minimum atomic E-state index is -0.765. The fourth-order valence-electron chi connectivity index (χ4n) is 4.34. The molecule has 5 nitrogen and oxygen atoms in total. The number of carbonyl (C=O) groups is 2. The van der Waals surface area contributed by atoms with Crippen LogP contribution >= 0.6 is 22.9 Å². The summed E-state index contributed by atoms with van der Waals surface area (Å²) in [5.41, 5.74) is 1.55. The van der Waals surface area contributed by atoms with E-state index in [4.69, 9.17) is 11.6 Å². The molecule has 33 heavy (non-hydrogen) atoms. The number of halogens is 1. The number of nitrogens with one attached hydrogen (secondary N) is 1. The van der Waals surface area contributed by atoms with E-state index in [0.29, 0.717) is 5.02 Å². The van der Waals surface area contributed by atoms with Gasteiger partial charge in [-0.25, -0.2) is 0 Å². The number of rotatable bonds is 8. The Morgan fingerprint density at radius 1 is 1.06 bits per heavy atom. The number of carbonyl (C=O) groups excluding carboxylic acids is 2. The highest BCUT2D eigenvalue weighted by atomic mass is 35.5. The predicted molar refractivity (Wildman–Crippen MR) is 132 cm³/mol. The molecule has 0 bridgehead atoms. The van der Waals surface area contributed by atoms with Crippen LogP contribution in [0.25, 0.3) is 0 Å². The molecule has 1 saturated carbocycles. The van der Waals surface area contributed by atoms with Gasteiger partial charge < -0.3 is 10.2 Å². The maximum absolute atomic E-state index is 13.7. The Morgan fingerprint density at radius 3 is 2.52 bits per heavy atom. The van der Waals surface area contributed by atoms with Crippen LogP contribution in [-0.2, 0) is 22.6 Å². The highest BCUT2D eigenvalue weighted by molar-refractivity contribution is 7.10. The van der Waals surface area contributed by atoms with Crippen LogP contribution in [0.1, 0.15) is 54.1 Å². The number of thiophene rings is 1. The Morgan fingerprint density at radius 2 is 1.82 bits per heavy atom. The quantitative estimate of drug-likeness (QED) is 0.458. The van der Waals surface area contributed by atoms with Gasteiger partial charge in [0, 0.05) is 34.9 Å². The lowest BCUT2D eigenvalue weighted by atomic mass is 9.94. The number of hydrogen-bond donors (Lipinski definition) is 1. The van der Waals surface area contributed by atoms with E-state index in [-0.39, 0.29) is 30.8 Å². The second-order valence-electron chi connectivity index (χ2n) is 8.40. The summed E-state index contributed by atoms with van der Waals surface area (Å²) < 4.78 is 0. The zero-order valence-electron chi connectivity index (χ0n) is 18.5. The third-order valence-electron chi connectivity index (χ3n) is 6.06. The third kappa shape index (κ3) is 6.21. The fraction of sp³-hybridized carbons (Fsp3) is 0.346. The maximum Gasteiger partial charge on any atom is 0.247 e. The second-order valence-corrected chi connectivity index (χ2v) is 9.84. The van der Waals surface area contributed by atoms with Crippen molar-refractivity contribution in [3.63, 3.8) is 0 Å². The van der Waals surface area contributed by atoms with Gasteiger partial charge in [-0.2, -0.15) is 0 Å². The van der Waals surface area contributed by atoms with Gasteiger partial charge >= 0.3 is 0 Å². The minimum absolute atomic E-state index is 0.113. The molecule has 1 aromatic carbocycles. The van der Waals surface area contributed by atoms with Gasteiger partial charge in [-0.05, 0) is 53.6 Å². The molecule has 1 fully saturated rings. The smallest absolute Gasteiger partial charge is 0.247 e. The van der Waals surface area contributed by atoms with Crippen molar-refractivity contribution in [2.45, 2.75) is 57.2 Å². The van der Waals surface area contributed by atoms with Crippen molar-refractivity contribution >= 4 is 34.8 Å². The van der Waals surface area contributed by atoms with Crippen LogP contribution in [-0.4, -0.2) is 27.7 Å². The molecule has 1 aliphatic carbocycles. The summed E-state index contributed by atoms with van der Waals surface area (Å²) in [6, 6.07) is 14.3. The molecule has 0 spiro atoms. The minimum Gasteiger partial charge on any atom is -0.351 e. The summed E-state index contributed by atoms with van der Waals surface area (Å²) in [6.07, 6.45) is 8.95. The molecule has 7 heteroatoms. The first-order valence-corrected chi connectivity index (χ1v) is 12.6. The van der Waals surface area contributed by atoms with Gasteiger partial charge in [0.05, 0.1) is 6.42 Å². The van der Waals surface area contributed by atoms with Gasteiger partial charge in [0.15, 0.2) is 0 Å². The van der Waals surface area contributed by atoms with Crippen molar-refractivity contribution in [3.05, 3.63) is 87.3 Å². The van der Waals surface area contributed by atoms with E-state index in [1.807, 2.05) is 53.9 Å². The van der Waals surface area contributed by atoms with Crippen LogP contribution < -0.4 is 5.32 Å². The van der Waals surface area contributed by atoms with Crippen molar-refractivity contribution < 1.29 is 9.59 Å². The SMILES string of the molecule is O=C(NC1CCCCC1)[C@@H](c1ccncc1)N(Cc1ccccc1Cl)C(=O)Cc1cccs1. The molecule has 172 valence electrons. The molecular formula is C26H28ClN3O2S. The molecule has 2 amide bonds. The Kier molecular flexibility index (Phi) is 8.13. The van der Waals surface area contributed by atoms with Crippen LogP contribution in [0.4, 0.5) is 0 Å². The number of aromatic nitrogens is 1. The molecule has 1 aliphatic rings. The summed E-state index contributed by atoms with van der Waals surface area (Å²) in [4.78, 5) is 34.0. The van der Waals surface area contributed by atoms with Crippen LogP contribution in [0.2, 0.25) is 5.02 Å². The summed E-state index contributed by atoms with van der Waals surface area (Å²) in [5, 5.41) is 5.76. The third-order valence-corrected chi connectivity index (χ3v) is 7.30. The summed E-state index contributed by atoms with van der Waals surface area (Å²) in [7, 11) is 0. The van der Waals surface area contributed by atoms with Crippen molar-refractivity contribution in [2.75, 3.05) is 0 Å². The normalized spacial score (nSPS) is 15.1. The monoisotopic (exact) mass is 481 g/mol. The van der Waals surface area contributed by atoms with Crippen LogP contribution in [0.15, 0.2) is 66.3 Å². The van der Waals surface area contributed by atoms with Gasteiger partial charge in [-0.15, -0.1) is 11.3 Å². The van der Waals surface area contributed by atoms with E-state index in [1.54, 1.807) is 17.3 Å². The first-order chi connectivity index (χ1) is 16.1. The molecule has 0 aliphatic heterocycles. The largest absolute Gasteiger partial charge is 0.351 e. The Labute approximate surface area is 203 Å². The van der Waals surface area contributed by atoms with Crippen molar-refractivity contribution in [1.29, 1.82) is 0 Å². The number of pyridine rings is 1. The predicted octanol–water partition coefficient (Wildman–Crippen LogP) is 5.56. The molecule has 4 rings (SSSR count). The summed E-state index contributed by atoms with van der Waals surface area (Å²) in [5.74, 6) is -0.266. The van der Waals surface area contributed by atoms with Gasteiger partial charge in [0.25, 0.3) is 0 Å². The van der Waals surface area contributed by atoms with Crippen LogP contribution in [0.3, 0.4) is 0 Å². The van der Waals surface area contributed by atoms with E-state index in [0.717, 1.165) is 41.7 Å². The lowest BCUT2D eigenvalue weighted by molar-refractivity contribution is -0.141.